The van der Waals surface area contributed by atoms with Crippen molar-refractivity contribution in [3.63, 3.8) is 0 Å². The van der Waals surface area contributed by atoms with Crippen LogP contribution in [0.1, 0.15) is 11.3 Å². The van der Waals surface area contributed by atoms with Crippen LogP contribution in [0.3, 0.4) is 0 Å². The van der Waals surface area contributed by atoms with E-state index in [0.717, 1.165) is 22.7 Å². The summed E-state index contributed by atoms with van der Waals surface area (Å²) in [6, 6.07) is 11.5. The van der Waals surface area contributed by atoms with E-state index in [-0.39, 0.29) is 5.91 Å². The fraction of sp³-hybridized carbons (Fsp3) is 0.200. The molecule has 6 nitrogen and oxygen atoms in total. The van der Waals surface area contributed by atoms with Gasteiger partial charge >= 0.3 is 0 Å². The van der Waals surface area contributed by atoms with Crippen LogP contribution in [0.25, 0.3) is 11.7 Å². The smallest absolute Gasteiger partial charge is 0.244 e. The monoisotopic (exact) mass is 349 g/mol. The molecule has 2 aromatic heterocycles. The molecule has 0 aliphatic carbocycles. The van der Waals surface area contributed by atoms with Crippen molar-refractivity contribution in [2.75, 3.05) is 19.8 Å². The summed E-state index contributed by atoms with van der Waals surface area (Å²) in [6.07, 6.45) is 7.91. The summed E-state index contributed by atoms with van der Waals surface area (Å²) in [5.74, 6) is 1.32. The molecule has 1 aliphatic rings. The summed E-state index contributed by atoms with van der Waals surface area (Å²) in [7, 11) is 0. The quantitative estimate of drug-likeness (QED) is 0.719. The zero-order chi connectivity index (χ0) is 17.8. The molecule has 0 spiro atoms. The zero-order valence-electron chi connectivity index (χ0n) is 14.2. The molecule has 0 saturated heterocycles. The van der Waals surface area contributed by atoms with Crippen molar-refractivity contribution in [1.29, 1.82) is 0 Å². The second kappa shape index (κ2) is 7.31. The molecule has 1 N–H and O–H groups in total. The highest BCUT2D eigenvalue weighted by Gasteiger charge is 2.10. The summed E-state index contributed by atoms with van der Waals surface area (Å²) in [4.78, 5) is 16.5. The van der Waals surface area contributed by atoms with E-state index >= 15 is 0 Å². The van der Waals surface area contributed by atoms with Crippen LogP contribution < -0.4 is 14.8 Å². The van der Waals surface area contributed by atoms with E-state index < -0.39 is 0 Å². The molecule has 0 bridgehead atoms. The highest BCUT2D eigenvalue weighted by Crippen LogP contribution is 2.31. The van der Waals surface area contributed by atoms with E-state index in [1.807, 2.05) is 53.2 Å². The maximum absolute atomic E-state index is 12.0. The molecule has 4 rings (SSSR count). The van der Waals surface area contributed by atoms with Crippen molar-refractivity contribution in [1.82, 2.24) is 14.7 Å². The van der Waals surface area contributed by atoms with Crippen LogP contribution in [-0.2, 0) is 11.2 Å². The third-order valence-electron chi connectivity index (χ3n) is 4.09. The minimum atomic E-state index is -0.136. The van der Waals surface area contributed by atoms with Crippen molar-refractivity contribution >= 4 is 17.6 Å². The van der Waals surface area contributed by atoms with Gasteiger partial charge in [-0.15, -0.1) is 0 Å². The highest BCUT2D eigenvalue weighted by molar-refractivity contribution is 5.91. The Bertz CT molecular complexity index is 929. The molecular formula is C20H19N3O3. The van der Waals surface area contributed by atoms with Crippen LogP contribution in [-0.4, -0.2) is 35.1 Å². The molecule has 6 heteroatoms. The number of rotatable bonds is 5. The van der Waals surface area contributed by atoms with E-state index in [9.17, 15) is 4.79 Å². The Morgan fingerprint density at radius 1 is 1.19 bits per heavy atom. The lowest BCUT2D eigenvalue weighted by atomic mass is 10.2. The number of fused-ring (bicyclic) bond motifs is 2. The molecule has 1 aromatic carbocycles. The van der Waals surface area contributed by atoms with Gasteiger partial charge in [0.1, 0.15) is 18.9 Å². The largest absolute Gasteiger partial charge is 0.486 e. The highest BCUT2D eigenvalue weighted by atomic mass is 16.6. The molecular weight excluding hydrogens is 330 g/mol. The Labute approximate surface area is 151 Å². The van der Waals surface area contributed by atoms with Gasteiger partial charge in [-0.05, 0) is 35.9 Å². The van der Waals surface area contributed by atoms with Gasteiger partial charge in [0.05, 0.1) is 5.69 Å². The van der Waals surface area contributed by atoms with Gasteiger partial charge < -0.3 is 19.2 Å². The molecule has 26 heavy (non-hydrogen) atoms. The van der Waals surface area contributed by atoms with Crippen LogP contribution in [0.2, 0.25) is 0 Å². The summed E-state index contributed by atoms with van der Waals surface area (Å²) < 4.78 is 13.0. The third-order valence-corrected chi connectivity index (χ3v) is 4.09. The first-order chi connectivity index (χ1) is 12.8. The summed E-state index contributed by atoms with van der Waals surface area (Å²) in [5.41, 5.74) is 2.75. The van der Waals surface area contributed by atoms with E-state index in [0.29, 0.717) is 31.9 Å². The molecule has 0 atom stereocenters. The van der Waals surface area contributed by atoms with Crippen LogP contribution in [0.4, 0.5) is 0 Å². The normalized spacial score (nSPS) is 13.2. The lowest BCUT2D eigenvalue weighted by molar-refractivity contribution is -0.116. The summed E-state index contributed by atoms with van der Waals surface area (Å²) >= 11 is 0. The first-order valence-electron chi connectivity index (χ1n) is 8.56. The van der Waals surface area contributed by atoms with Gasteiger partial charge in [-0.2, -0.15) is 0 Å². The fourth-order valence-corrected chi connectivity index (χ4v) is 2.82. The van der Waals surface area contributed by atoms with Gasteiger partial charge in [-0.3, -0.25) is 4.79 Å². The molecule has 0 unspecified atom stereocenters. The third kappa shape index (κ3) is 3.69. The number of nitrogens with zero attached hydrogens (tertiary/aromatic N) is 2. The van der Waals surface area contributed by atoms with Crippen LogP contribution >= 0.6 is 0 Å². The molecule has 0 saturated carbocycles. The van der Waals surface area contributed by atoms with Crippen LogP contribution in [0, 0.1) is 0 Å². The number of nitrogens with one attached hydrogen (secondary N) is 1. The Morgan fingerprint density at radius 3 is 2.96 bits per heavy atom. The minimum Gasteiger partial charge on any atom is -0.486 e. The number of carbonyl (C=O) groups is 1. The molecule has 3 heterocycles. The number of amides is 1. The average molecular weight is 349 g/mol. The fourth-order valence-electron chi connectivity index (χ4n) is 2.82. The van der Waals surface area contributed by atoms with Gasteiger partial charge in [0.2, 0.25) is 5.91 Å². The Balaban J connectivity index is 1.30. The van der Waals surface area contributed by atoms with Gasteiger partial charge in [0.25, 0.3) is 0 Å². The van der Waals surface area contributed by atoms with Crippen molar-refractivity contribution in [3.8, 4) is 11.5 Å². The first kappa shape index (κ1) is 16.2. The standard InChI is InChI=1S/C20H19N3O3/c24-20(7-5-15-4-6-17-18(13-15)26-12-11-25-17)21-9-8-16-14-23-10-2-1-3-19(23)22-16/h1-7,10,13-14H,8-9,11-12H2,(H,21,24). The van der Waals surface area contributed by atoms with E-state index in [1.54, 1.807) is 6.08 Å². The Morgan fingerprint density at radius 2 is 2.08 bits per heavy atom. The number of pyridine rings is 1. The van der Waals surface area contributed by atoms with Crippen molar-refractivity contribution < 1.29 is 14.3 Å². The minimum absolute atomic E-state index is 0.136. The molecule has 0 fully saturated rings. The first-order valence-corrected chi connectivity index (χ1v) is 8.56. The maximum atomic E-state index is 12.0. The average Bonchev–Trinajstić information content (AvgIpc) is 3.09. The van der Waals surface area contributed by atoms with E-state index in [2.05, 4.69) is 10.3 Å². The van der Waals surface area contributed by atoms with Gasteiger partial charge in [-0.25, -0.2) is 4.98 Å². The number of carbonyl (C=O) groups excluding carboxylic acids is 1. The molecule has 3 aromatic rings. The zero-order valence-corrected chi connectivity index (χ0v) is 14.2. The van der Waals surface area contributed by atoms with Gasteiger partial charge in [-0.1, -0.05) is 12.1 Å². The summed E-state index contributed by atoms with van der Waals surface area (Å²) in [5, 5.41) is 2.88. The lowest BCUT2D eigenvalue weighted by Crippen LogP contribution is -2.23. The predicted octanol–water partition coefficient (Wildman–Crippen LogP) is 2.48. The SMILES string of the molecule is O=C(C=Cc1ccc2c(c1)OCCO2)NCCc1cn2ccccc2n1. The van der Waals surface area contributed by atoms with Crippen LogP contribution in [0.5, 0.6) is 11.5 Å². The van der Waals surface area contributed by atoms with Gasteiger partial charge in [0.15, 0.2) is 11.5 Å². The molecule has 1 aliphatic heterocycles. The predicted molar refractivity (Wildman–Crippen MR) is 98.4 cm³/mol. The second-order valence-electron chi connectivity index (χ2n) is 5.98. The Hall–Kier alpha value is -3.28. The van der Waals surface area contributed by atoms with Crippen LogP contribution in [0.15, 0.2) is 54.9 Å². The number of aromatic nitrogens is 2. The van der Waals surface area contributed by atoms with Crippen molar-refractivity contribution in [2.45, 2.75) is 6.42 Å². The number of benzene rings is 1. The van der Waals surface area contributed by atoms with Crippen molar-refractivity contribution in [2.24, 2.45) is 0 Å². The Kier molecular flexibility index (Phi) is 4.55. The van der Waals surface area contributed by atoms with E-state index in [4.69, 9.17) is 9.47 Å². The summed E-state index contributed by atoms with van der Waals surface area (Å²) in [6.45, 7) is 1.65. The maximum Gasteiger partial charge on any atom is 0.244 e. The number of imidazole rings is 1. The number of hydrogen-bond acceptors (Lipinski definition) is 4. The topological polar surface area (TPSA) is 64.9 Å². The molecule has 1 amide bonds. The lowest BCUT2D eigenvalue weighted by Gasteiger charge is -2.18. The van der Waals surface area contributed by atoms with Gasteiger partial charge in [0, 0.05) is 31.4 Å². The number of hydrogen-bond donors (Lipinski definition) is 1. The van der Waals surface area contributed by atoms with E-state index in [1.165, 1.54) is 6.08 Å². The second-order valence-corrected chi connectivity index (χ2v) is 5.98. The number of ether oxygens (including phenoxy) is 2. The molecule has 132 valence electrons. The molecule has 0 radical (unpaired) electrons. The van der Waals surface area contributed by atoms with Crippen molar-refractivity contribution in [3.05, 3.63) is 66.1 Å².